The van der Waals surface area contributed by atoms with E-state index in [4.69, 9.17) is 5.11 Å². The molecule has 1 heterocycles. The predicted octanol–water partition coefficient (Wildman–Crippen LogP) is 1.63. The van der Waals surface area contributed by atoms with Gasteiger partial charge >= 0.3 is 0 Å². The van der Waals surface area contributed by atoms with Gasteiger partial charge in [0.25, 0.3) is 5.91 Å². The number of anilines is 1. The van der Waals surface area contributed by atoms with E-state index in [1.54, 1.807) is 7.05 Å². The molecule has 0 aliphatic carbocycles. The molecule has 0 fully saturated rings. The Kier molecular flexibility index (Phi) is 6.07. The van der Waals surface area contributed by atoms with Crippen molar-refractivity contribution >= 4 is 22.4 Å². The van der Waals surface area contributed by atoms with Gasteiger partial charge < -0.3 is 15.7 Å². The van der Waals surface area contributed by atoms with Crippen LogP contribution in [0.1, 0.15) is 35.8 Å². The second-order valence-electron chi connectivity index (χ2n) is 4.22. The molecule has 0 aliphatic rings. The summed E-state index contributed by atoms with van der Waals surface area (Å²) in [5.41, 5.74) is 1.37. The van der Waals surface area contributed by atoms with Gasteiger partial charge in [-0.2, -0.15) is 4.37 Å². The molecule has 0 spiro atoms. The fourth-order valence-electron chi connectivity index (χ4n) is 1.77. The molecule has 1 unspecified atom stereocenters. The van der Waals surface area contributed by atoms with Crippen molar-refractivity contribution in [1.29, 1.82) is 0 Å². The summed E-state index contributed by atoms with van der Waals surface area (Å²) in [6.07, 6.45) is 1.66. The van der Waals surface area contributed by atoms with Crippen molar-refractivity contribution in [2.75, 3.05) is 25.5 Å². The average molecular weight is 271 g/mol. The summed E-state index contributed by atoms with van der Waals surface area (Å²) < 4.78 is 4.17. The first-order valence-corrected chi connectivity index (χ1v) is 6.94. The second-order valence-corrected chi connectivity index (χ2v) is 4.99. The van der Waals surface area contributed by atoms with Crippen LogP contribution in [0.4, 0.5) is 5.00 Å². The molecule has 0 bridgehead atoms. The number of hydrogen-bond acceptors (Lipinski definition) is 5. The van der Waals surface area contributed by atoms with Crippen LogP contribution in [0.5, 0.6) is 0 Å². The molecule has 18 heavy (non-hydrogen) atoms. The Morgan fingerprint density at radius 2 is 2.28 bits per heavy atom. The number of rotatable bonds is 7. The summed E-state index contributed by atoms with van der Waals surface area (Å²) >= 11 is 1.29. The molecule has 1 atom stereocenters. The molecule has 1 amide bonds. The lowest BCUT2D eigenvalue weighted by atomic mass is 10.0. The van der Waals surface area contributed by atoms with Crippen LogP contribution in [0.25, 0.3) is 0 Å². The summed E-state index contributed by atoms with van der Waals surface area (Å²) in [4.78, 5) is 12.1. The van der Waals surface area contributed by atoms with Crippen LogP contribution in [-0.2, 0) is 0 Å². The maximum absolute atomic E-state index is 12.1. The highest BCUT2D eigenvalue weighted by atomic mass is 32.1. The van der Waals surface area contributed by atoms with E-state index in [1.165, 1.54) is 11.5 Å². The highest BCUT2D eigenvalue weighted by molar-refractivity contribution is 7.10. The van der Waals surface area contributed by atoms with E-state index < -0.39 is 0 Å². The molecule has 1 aromatic rings. The number of aliphatic hydroxyl groups is 1. The number of nitrogens with one attached hydrogen (secondary N) is 2. The maximum atomic E-state index is 12.1. The van der Waals surface area contributed by atoms with E-state index in [-0.39, 0.29) is 12.5 Å². The first-order chi connectivity index (χ1) is 8.63. The topological polar surface area (TPSA) is 74.2 Å². The van der Waals surface area contributed by atoms with E-state index in [0.29, 0.717) is 18.0 Å². The van der Waals surface area contributed by atoms with Crippen molar-refractivity contribution in [3.8, 4) is 0 Å². The summed E-state index contributed by atoms with van der Waals surface area (Å²) in [6.45, 7) is 4.64. The summed E-state index contributed by atoms with van der Waals surface area (Å²) in [5.74, 6) is 0.228. The molecular formula is C12H21N3O2S. The van der Waals surface area contributed by atoms with Crippen LogP contribution in [-0.4, -0.2) is 35.6 Å². The van der Waals surface area contributed by atoms with Gasteiger partial charge in [-0.25, -0.2) is 0 Å². The van der Waals surface area contributed by atoms with Crippen molar-refractivity contribution in [2.45, 2.75) is 26.7 Å². The minimum atomic E-state index is -0.0954. The van der Waals surface area contributed by atoms with Crippen molar-refractivity contribution in [3.63, 3.8) is 0 Å². The molecule has 3 N–H and O–H groups in total. The number of hydrogen-bond donors (Lipinski definition) is 3. The van der Waals surface area contributed by atoms with Gasteiger partial charge in [-0.05, 0) is 30.8 Å². The Bertz CT molecular complexity index is 393. The van der Waals surface area contributed by atoms with Gasteiger partial charge in [0.1, 0.15) is 5.00 Å². The molecule has 0 radical (unpaired) electrons. The van der Waals surface area contributed by atoms with Crippen molar-refractivity contribution < 1.29 is 9.90 Å². The molecular weight excluding hydrogens is 250 g/mol. The summed E-state index contributed by atoms with van der Waals surface area (Å²) in [6, 6.07) is 0. The van der Waals surface area contributed by atoms with Gasteiger partial charge in [0.15, 0.2) is 0 Å². The van der Waals surface area contributed by atoms with Gasteiger partial charge in [-0.15, -0.1) is 0 Å². The molecule has 0 aliphatic heterocycles. The average Bonchev–Trinajstić information content (AvgIpc) is 2.75. The largest absolute Gasteiger partial charge is 0.396 e. The van der Waals surface area contributed by atoms with E-state index in [0.717, 1.165) is 23.5 Å². The standard InChI is InChI=1S/C12H21N3O2S/c1-4-9(5-6-16)7-14-11(17)10-8(2)15-18-12(10)13-3/h9,13,16H,4-7H2,1-3H3,(H,14,17). The highest BCUT2D eigenvalue weighted by Gasteiger charge is 2.18. The fraction of sp³-hybridized carbons (Fsp3) is 0.667. The minimum Gasteiger partial charge on any atom is -0.396 e. The Labute approximate surface area is 112 Å². The fourth-order valence-corrected chi connectivity index (χ4v) is 2.51. The molecule has 102 valence electrons. The summed E-state index contributed by atoms with van der Waals surface area (Å²) in [5, 5.41) is 15.6. The number of nitrogens with zero attached hydrogens (tertiary/aromatic N) is 1. The molecule has 1 aromatic heterocycles. The van der Waals surface area contributed by atoms with Gasteiger partial charge in [-0.1, -0.05) is 13.3 Å². The van der Waals surface area contributed by atoms with Gasteiger partial charge in [-0.3, -0.25) is 4.79 Å². The van der Waals surface area contributed by atoms with Crippen molar-refractivity contribution in [2.24, 2.45) is 5.92 Å². The molecule has 0 saturated heterocycles. The SMILES string of the molecule is CCC(CCO)CNC(=O)c1c(C)nsc1NC. The quantitative estimate of drug-likeness (QED) is 0.704. The maximum Gasteiger partial charge on any atom is 0.256 e. The zero-order valence-corrected chi connectivity index (χ0v) is 11.9. The van der Waals surface area contributed by atoms with E-state index >= 15 is 0 Å². The van der Waals surface area contributed by atoms with Crippen LogP contribution in [0, 0.1) is 12.8 Å². The Balaban J connectivity index is 2.62. The van der Waals surface area contributed by atoms with Gasteiger partial charge in [0, 0.05) is 20.2 Å². The van der Waals surface area contributed by atoms with E-state index in [2.05, 4.69) is 21.9 Å². The lowest BCUT2D eigenvalue weighted by molar-refractivity contribution is 0.0944. The van der Waals surface area contributed by atoms with Crippen LogP contribution < -0.4 is 10.6 Å². The Morgan fingerprint density at radius 3 is 2.83 bits per heavy atom. The number of aryl methyl sites for hydroxylation is 1. The third kappa shape index (κ3) is 3.68. The number of carbonyl (C=O) groups is 1. The summed E-state index contributed by atoms with van der Waals surface area (Å²) in [7, 11) is 1.78. The van der Waals surface area contributed by atoms with Crippen LogP contribution in [0.2, 0.25) is 0 Å². The van der Waals surface area contributed by atoms with Gasteiger partial charge in [0.05, 0.1) is 11.3 Å². The molecule has 0 saturated carbocycles. The van der Waals surface area contributed by atoms with Crippen molar-refractivity contribution in [3.05, 3.63) is 11.3 Å². The molecule has 5 nitrogen and oxygen atoms in total. The monoisotopic (exact) mass is 271 g/mol. The van der Waals surface area contributed by atoms with Crippen molar-refractivity contribution in [1.82, 2.24) is 9.69 Å². The Morgan fingerprint density at radius 1 is 1.56 bits per heavy atom. The second kappa shape index (κ2) is 7.33. The zero-order valence-electron chi connectivity index (χ0n) is 11.1. The highest BCUT2D eigenvalue weighted by Crippen LogP contribution is 2.23. The smallest absolute Gasteiger partial charge is 0.256 e. The number of aromatic nitrogens is 1. The first-order valence-electron chi connectivity index (χ1n) is 6.17. The van der Waals surface area contributed by atoms with Crippen LogP contribution in [0.15, 0.2) is 0 Å². The normalized spacial score (nSPS) is 12.2. The Hall–Kier alpha value is -1.14. The molecule has 0 aromatic carbocycles. The van der Waals surface area contributed by atoms with Crippen LogP contribution >= 0.6 is 11.5 Å². The van der Waals surface area contributed by atoms with Crippen LogP contribution in [0.3, 0.4) is 0 Å². The third-order valence-electron chi connectivity index (χ3n) is 2.98. The third-order valence-corrected chi connectivity index (χ3v) is 3.94. The zero-order chi connectivity index (χ0) is 13.5. The minimum absolute atomic E-state index is 0.0954. The lowest BCUT2D eigenvalue weighted by Gasteiger charge is -2.14. The van der Waals surface area contributed by atoms with E-state index in [1.807, 2.05) is 6.92 Å². The molecule has 6 heteroatoms. The first kappa shape index (κ1) is 14.9. The number of carbonyl (C=O) groups excluding carboxylic acids is 1. The van der Waals surface area contributed by atoms with Gasteiger partial charge in [0.2, 0.25) is 0 Å². The predicted molar refractivity (Wildman–Crippen MR) is 74.2 cm³/mol. The van der Waals surface area contributed by atoms with E-state index in [9.17, 15) is 4.79 Å². The molecule has 1 rings (SSSR count). The number of aliphatic hydroxyl groups excluding tert-OH is 1. The lowest BCUT2D eigenvalue weighted by Crippen LogP contribution is -2.30. The number of amides is 1.